The molecule has 96 valence electrons. The number of hydrogen-bond donors (Lipinski definition) is 1. The molecule has 1 aliphatic rings. The van der Waals surface area contributed by atoms with Crippen molar-refractivity contribution in [2.75, 3.05) is 0 Å². The summed E-state index contributed by atoms with van der Waals surface area (Å²) in [6, 6.07) is 4.69. The van der Waals surface area contributed by atoms with Crippen LogP contribution in [-0.2, 0) is 13.0 Å². The van der Waals surface area contributed by atoms with E-state index in [9.17, 15) is 0 Å². The minimum Gasteiger partial charge on any atom is -0.459 e. The van der Waals surface area contributed by atoms with E-state index in [2.05, 4.69) is 19.2 Å². The molecule has 0 atom stereocenters. The molecule has 3 rings (SSSR count). The average molecular weight is 264 g/mol. The Labute approximate surface area is 112 Å². The zero-order chi connectivity index (χ0) is 12.7. The van der Waals surface area contributed by atoms with E-state index in [1.807, 2.05) is 12.1 Å². The first-order valence-corrected chi connectivity index (χ1v) is 7.00. The highest BCUT2D eigenvalue weighted by Crippen LogP contribution is 2.32. The van der Waals surface area contributed by atoms with Gasteiger partial charge in [0.1, 0.15) is 11.3 Å². The molecule has 0 amide bonds. The summed E-state index contributed by atoms with van der Waals surface area (Å²) >= 11 is 6.14. The second-order valence-corrected chi connectivity index (χ2v) is 5.55. The third kappa shape index (κ3) is 2.15. The van der Waals surface area contributed by atoms with E-state index < -0.39 is 0 Å². The summed E-state index contributed by atoms with van der Waals surface area (Å²) in [5.41, 5.74) is 3.40. The number of rotatable bonds is 4. The molecule has 2 aromatic rings. The summed E-state index contributed by atoms with van der Waals surface area (Å²) in [7, 11) is 0. The van der Waals surface area contributed by atoms with Gasteiger partial charge >= 0.3 is 0 Å². The van der Waals surface area contributed by atoms with Gasteiger partial charge in [0.25, 0.3) is 0 Å². The Bertz CT molecular complexity index is 584. The van der Waals surface area contributed by atoms with Crippen molar-refractivity contribution in [3.05, 3.63) is 34.0 Å². The molecule has 18 heavy (non-hydrogen) atoms. The molecule has 3 heteroatoms. The predicted octanol–water partition coefficient (Wildman–Crippen LogP) is 4.21. The molecule has 0 spiro atoms. The van der Waals surface area contributed by atoms with E-state index in [1.165, 1.54) is 23.8 Å². The standard InChI is InChI=1S/C15H18ClNO/c1-3-12-13-7-10(16)6-9(2)15(13)18-14(12)8-17-11-4-5-11/h6-7,11,17H,3-5,8H2,1-2H3. The minimum absolute atomic E-state index is 0.701. The maximum atomic E-state index is 6.14. The predicted molar refractivity (Wildman–Crippen MR) is 75.2 cm³/mol. The van der Waals surface area contributed by atoms with Gasteiger partial charge in [0, 0.05) is 22.0 Å². The molecule has 1 aromatic heterocycles. The smallest absolute Gasteiger partial charge is 0.137 e. The van der Waals surface area contributed by atoms with E-state index in [0.29, 0.717) is 6.04 Å². The van der Waals surface area contributed by atoms with Crippen molar-refractivity contribution >= 4 is 22.6 Å². The zero-order valence-electron chi connectivity index (χ0n) is 10.8. The molecule has 1 aromatic carbocycles. The fraction of sp³-hybridized carbons (Fsp3) is 0.467. The molecule has 0 saturated heterocycles. The van der Waals surface area contributed by atoms with Gasteiger partial charge in [0.2, 0.25) is 0 Å². The maximum absolute atomic E-state index is 6.14. The summed E-state index contributed by atoms with van der Waals surface area (Å²) in [6.07, 6.45) is 3.58. The van der Waals surface area contributed by atoms with E-state index in [1.54, 1.807) is 0 Å². The number of fused-ring (bicyclic) bond motifs is 1. The molecule has 0 unspecified atom stereocenters. The molecule has 0 aliphatic heterocycles. The highest BCUT2D eigenvalue weighted by molar-refractivity contribution is 6.31. The summed E-state index contributed by atoms with van der Waals surface area (Å²) < 4.78 is 6.03. The quantitative estimate of drug-likeness (QED) is 0.894. The van der Waals surface area contributed by atoms with Gasteiger partial charge in [-0.1, -0.05) is 18.5 Å². The Morgan fingerprint density at radius 3 is 2.83 bits per heavy atom. The number of hydrogen-bond acceptors (Lipinski definition) is 2. The van der Waals surface area contributed by atoms with E-state index >= 15 is 0 Å². The van der Waals surface area contributed by atoms with Gasteiger partial charge in [-0.3, -0.25) is 0 Å². The Kier molecular flexibility index (Phi) is 3.08. The molecule has 0 radical (unpaired) electrons. The fourth-order valence-electron chi connectivity index (χ4n) is 2.48. The van der Waals surface area contributed by atoms with Gasteiger partial charge in [0.05, 0.1) is 6.54 Å². The van der Waals surface area contributed by atoms with Crippen LogP contribution in [0.3, 0.4) is 0 Å². The third-order valence-corrected chi connectivity index (χ3v) is 3.83. The third-order valence-electron chi connectivity index (χ3n) is 3.61. The van der Waals surface area contributed by atoms with Crippen molar-refractivity contribution in [2.45, 2.75) is 45.7 Å². The van der Waals surface area contributed by atoms with Crippen LogP contribution in [0.15, 0.2) is 16.5 Å². The Hall–Kier alpha value is -0.990. The second kappa shape index (κ2) is 4.60. The van der Waals surface area contributed by atoms with Crippen LogP contribution in [0.2, 0.25) is 5.02 Å². The first kappa shape index (κ1) is 12.1. The molecule has 1 saturated carbocycles. The Morgan fingerprint density at radius 2 is 2.17 bits per heavy atom. The monoisotopic (exact) mass is 263 g/mol. The molecular formula is C15H18ClNO. The van der Waals surface area contributed by atoms with E-state index in [-0.39, 0.29) is 0 Å². The fourth-order valence-corrected chi connectivity index (χ4v) is 2.75. The summed E-state index contributed by atoms with van der Waals surface area (Å²) in [6.45, 7) is 5.05. The lowest BCUT2D eigenvalue weighted by atomic mass is 10.1. The van der Waals surface area contributed by atoms with Crippen LogP contribution in [0.5, 0.6) is 0 Å². The number of furan rings is 1. The van der Waals surface area contributed by atoms with Crippen molar-refractivity contribution in [2.24, 2.45) is 0 Å². The largest absolute Gasteiger partial charge is 0.459 e. The minimum atomic E-state index is 0.701. The summed E-state index contributed by atoms with van der Waals surface area (Å²) in [5.74, 6) is 1.07. The van der Waals surface area contributed by atoms with Crippen LogP contribution >= 0.6 is 11.6 Å². The summed E-state index contributed by atoms with van der Waals surface area (Å²) in [5, 5.41) is 5.48. The topological polar surface area (TPSA) is 25.2 Å². The van der Waals surface area contributed by atoms with Crippen LogP contribution in [0, 0.1) is 6.92 Å². The van der Waals surface area contributed by atoms with Gasteiger partial charge < -0.3 is 9.73 Å². The molecule has 1 N–H and O–H groups in total. The highest BCUT2D eigenvalue weighted by atomic mass is 35.5. The molecule has 2 nitrogen and oxygen atoms in total. The van der Waals surface area contributed by atoms with Crippen LogP contribution in [0.4, 0.5) is 0 Å². The van der Waals surface area contributed by atoms with Gasteiger partial charge in [0.15, 0.2) is 0 Å². The lowest BCUT2D eigenvalue weighted by Crippen LogP contribution is -2.15. The van der Waals surface area contributed by atoms with Gasteiger partial charge in [-0.15, -0.1) is 0 Å². The van der Waals surface area contributed by atoms with Crippen molar-refractivity contribution in [1.82, 2.24) is 5.32 Å². The van der Waals surface area contributed by atoms with Gasteiger partial charge in [-0.05, 0) is 43.9 Å². The van der Waals surface area contributed by atoms with Crippen LogP contribution in [-0.4, -0.2) is 6.04 Å². The molecular weight excluding hydrogens is 246 g/mol. The maximum Gasteiger partial charge on any atom is 0.137 e. The van der Waals surface area contributed by atoms with E-state index in [0.717, 1.165) is 34.9 Å². The average Bonchev–Trinajstić information content (AvgIpc) is 3.08. The molecule has 1 aliphatic carbocycles. The molecule has 1 fully saturated rings. The first-order valence-electron chi connectivity index (χ1n) is 6.62. The Morgan fingerprint density at radius 1 is 1.39 bits per heavy atom. The number of benzene rings is 1. The Balaban J connectivity index is 2.04. The number of nitrogens with one attached hydrogen (secondary N) is 1. The van der Waals surface area contributed by atoms with E-state index in [4.69, 9.17) is 16.0 Å². The van der Waals surface area contributed by atoms with Crippen LogP contribution in [0.1, 0.15) is 36.7 Å². The molecule has 0 bridgehead atoms. The van der Waals surface area contributed by atoms with Gasteiger partial charge in [-0.2, -0.15) is 0 Å². The zero-order valence-corrected chi connectivity index (χ0v) is 11.6. The highest BCUT2D eigenvalue weighted by Gasteiger charge is 2.22. The normalized spacial score (nSPS) is 15.5. The van der Waals surface area contributed by atoms with Crippen molar-refractivity contribution in [3.63, 3.8) is 0 Å². The number of aryl methyl sites for hydroxylation is 2. The summed E-state index contributed by atoms with van der Waals surface area (Å²) in [4.78, 5) is 0. The lowest BCUT2D eigenvalue weighted by Gasteiger charge is -2.01. The van der Waals surface area contributed by atoms with Crippen LogP contribution < -0.4 is 5.32 Å². The van der Waals surface area contributed by atoms with Crippen molar-refractivity contribution < 1.29 is 4.42 Å². The lowest BCUT2D eigenvalue weighted by molar-refractivity contribution is 0.506. The molecule has 1 heterocycles. The SMILES string of the molecule is CCc1c(CNC2CC2)oc2c(C)cc(Cl)cc12. The van der Waals surface area contributed by atoms with Gasteiger partial charge in [-0.25, -0.2) is 0 Å². The first-order chi connectivity index (χ1) is 8.69. The van der Waals surface area contributed by atoms with Crippen molar-refractivity contribution in [1.29, 1.82) is 0 Å². The second-order valence-electron chi connectivity index (χ2n) is 5.11. The van der Waals surface area contributed by atoms with Crippen molar-refractivity contribution in [3.8, 4) is 0 Å². The van der Waals surface area contributed by atoms with Crippen LogP contribution in [0.25, 0.3) is 11.0 Å². The number of halogens is 1.